The van der Waals surface area contributed by atoms with E-state index >= 15 is 0 Å². The zero-order valence-electron chi connectivity index (χ0n) is 17.0. The van der Waals surface area contributed by atoms with Crippen LogP contribution in [0.15, 0.2) is 59.6 Å². The molecule has 6 nitrogen and oxygen atoms in total. The summed E-state index contributed by atoms with van der Waals surface area (Å²) >= 11 is 0. The Labute approximate surface area is 170 Å². The average Bonchev–Trinajstić information content (AvgIpc) is 3.31. The van der Waals surface area contributed by atoms with Gasteiger partial charge in [-0.1, -0.05) is 19.1 Å². The monoisotopic (exact) mass is 408 g/mol. The van der Waals surface area contributed by atoms with Gasteiger partial charge in [0.15, 0.2) is 9.84 Å². The Morgan fingerprint density at radius 2 is 1.76 bits per heavy atom. The molecule has 7 heteroatoms. The van der Waals surface area contributed by atoms with Gasteiger partial charge in [-0.2, -0.15) is 10.2 Å². The van der Waals surface area contributed by atoms with E-state index in [4.69, 9.17) is 5.10 Å². The predicted octanol–water partition coefficient (Wildman–Crippen LogP) is 4.44. The van der Waals surface area contributed by atoms with Gasteiger partial charge < -0.3 is 0 Å². The minimum absolute atomic E-state index is 0.265. The molecule has 0 atom stereocenters. The van der Waals surface area contributed by atoms with Crippen LogP contribution in [0.1, 0.15) is 32.5 Å². The third kappa shape index (κ3) is 3.46. The van der Waals surface area contributed by atoms with E-state index in [0.717, 1.165) is 34.6 Å². The first-order valence-corrected chi connectivity index (χ1v) is 11.5. The summed E-state index contributed by atoms with van der Waals surface area (Å²) in [6.07, 6.45) is 3.85. The Hall–Kier alpha value is -2.93. The fourth-order valence-corrected chi connectivity index (χ4v) is 4.21. The van der Waals surface area contributed by atoms with E-state index in [1.807, 2.05) is 10.7 Å². The molecule has 0 spiro atoms. The van der Waals surface area contributed by atoms with Crippen molar-refractivity contribution in [2.45, 2.75) is 38.1 Å². The first-order valence-electron chi connectivity index (χ1n) is 9.65. The van der Waals surface area contributed by atoms with Gasteiger partial charge in [-0.15, -0.1) is 0 Å². The third-order valence-corrected chi connectivity index (χ3v) is 6.18. The number of aromatic nitrogens is 4. The second kappa shape index (κ2) is 7.15. The van der Waals surface area contributed by atoms with E-state index in [9.17, 15) is 8.42 Å². The summed E-state index contributed by atoms with van der Waals surface area (Å²) in [5, 5.41) is 10.4. The van der Waals surface area contributed by atoms with E-state index in [1.54, 1.807) is 30.5 Å². The van der Waals surface area contributed by atoms with Crippen molar-refractivity contribution >= 4 is 20.7 Å². The molecule has 4 rings (SSSR count). The molecule has 0 saturated heterocycles. The largest absolute Gasteiger partial charge is 0.262 e. The molecule has 2 aromatic carbocycles. The SMILES string of the molecule is CCc1nn(C(C)C)c2cc(-c3ccnn3-c3ccc(S(C)(=O)=O)cc3)ccc12. The van der Waals surface area contributed by atoms with Crippen LogP contribution in [0.25, 0.3) is 27.8 Å². The quantitative estimate of drug-likeness (QED) is 0.490. The van der Waals surface area contributed by atoms with Gasteiger partial charge in [0, 0.05) is 23.2 Å². The number of aryl methyl sites for hydroxylation is 1. The van der Waals surface area contributed by atoms with E-state index in [-0.39, 0.29) is 6.04 Å². The summed E-state index contributed by atoms with van der Waals surface area (Å²) in [5.74, 6) is 0. The normalized spacial score (nSPS) is 12.2. The topological polar surface area (TPSA) is 69.8 Å². The van der Waals surface area contributed by atoms with Crippen LogP contribution in [0.4, 0.5) is 0 Å². The fraction of sp³-hybridized carbons (Fsp3) is 0.273. The Morgan fingerprint density at radius 3 is 2.38 bits per heavy atom. The smallest absolute Gasteiger partial charge is 0.175 e. The van der Waals surface area contributed by atoms with E-state index < -0.39 is 9.84 Å². The zero-order chi connectivity index (χ0) is 20.8. The molecule has 2 heterocycles. The lowest BCUT2D eigenvalue weighted by molar-refractivity contribution is 0.544. The predicted molar refractivity (Wildman–Crippen MR) is 115 cm³/mol. The van der Waals surface area contributed by atoms with Crippen molar-refractivity contribution in [2.24, 2.45) is 0 Å². The minimum Gasteiger partial charge on any atom is -0.262 e. The van der Waals surface area contributed by atoms with Gasteiger partial charge >= 0.3 is 0 Å². The van der Waals surface area contributed by atoms with E-state index in [0.29, 0.717) is 4.90 Å². The van der Waals surface area contributed by atoms with Crippen LogP contribution in [0.2, 0.25) is 0 Å². The summed E-state index contributed by atoms with van der Waals surface area (Å²) in [6.45, 7) is 6.38. The minimum atomic E-state index is -3.23. The maximum atomic E-state index is 11.7. The van der Waals surface area contributed by atoms with Gasteiger partial charge in [0.1, 0.15) is 0 Å². The van der Waals surface area contributed by atoms with Gasteiger partial charge in [-0.05, 0) is 56.7 Å². The standard InChI is InChI=1S/C22H24N4O2S/c1-5-20-19-11-6-16(14-22(19)25(24-20)15(2)3)21-12-13-23-26(21)17-7-9-18(10-8-17)29(4,27)28/h6-15H,5H2,1-4H3. The molecule has 29 heavy (non-hydrogen) atoms. The van der Waals surface area contributed by atoms with Crippen LogP contribution in [-0.2, 0) is 16.3 Å². The molecule has 0 N–H and O–H groups in total. The molecule has 2 aromatic heterocycles. The average molecular weight is 409 g/mol. The number of nitrogens with zero attached hydrogens (tertiary/aromatic N) is 4. The molecule has 0 aliphatic rings. The highest BCUT2D eigenvalue weighted by atomic mass is 32.2. The van der Waals surface area contributed by atoms with Crippen LogP contribution in [0, 0.1) is 0 Å². The molecule has 0 radical (unpaired) electrons. The van der Waals surface area contributed by atoms with E-state index in [1.165, 1.54) is 11.6 Å². The second-order valence-corrected chi connectivity index (χ2v) is 9.48. The van der Waals surface area contributed by atoms with Crippen molar-refractivity contribution in [1.82, 2.24) is 19.6 Å². The molecule has 0 amide bonds. The van der Waals surface area contributed by atoms with Crippen molar-refractivity contribution in [3.63, 3.8) is 0 Å². The van der Waals surface area contributed by atoms with Gasteiger partial charge in [0.25, 0.3) is 0 Å². The van der Waals surface area contributed by atoms with Crippen LogP contribution in [0.5, 0.6) is 0 Å². The van der Waals surface area contributed by atoms with Gasteiger partial charge in [-0.3, -0.25) is 4.68 Å². The van der Waals surface area contributed by atoms with Gasteiger partial charge in [-0.25, -0.2) is 13.1 Å². The lowest BCUT2D eigenvalue weighted by Gasteiger charge is -2.10. The molecule has 150 valence electrons. The highest BCUT2D eigenvalue weighted by Gasteiger charge is 2.15. The summed E-state index contributed by atoms with van der Waals surface area (Å²) < 4.78 is 27.3. The molecular formula is C22H24N4O2S. The second-order valence-electron chi connectivity index (χ2n) is 7.46. The van der Waals surface area contributed by atoms with Gasteiger partial charge in [0.05, 0.1) is 33.7 Å². The fourth-order valence-electron chi connectivity index (χ4n) is 3.58. The third-order valence-electron chi connectivity index (χ3n) is 5.06. The summed E-state index contributed by atoms with van der Waals surface area (Å²) in [7, 11) is -3.23. The molecular weight excluding hydrogens is 384 g/mol. The Bertz CT molecular complexity index is 1280. The van der Waals surface area contributed by atoms with Crippen molar-refractivity contribution in [1.29, 1.82) is 0 Å². The van der Waals surface area contributed by atoms with E-state index in [2.05, 4.69) is 48.8 Å². The summed E-state index contributed by atoms with van der Waals surface area (Å²) in [4.78, 5) is 0.296. The van der Waals surface area contributed by atoms with Gasteiger partial charge in [0.2, 0.25) is 0 Å². The molecule has 0 bridgehead atoms. The molecule has 0 unspecified atom stereocenters. The lowest BCUT2D eigenvalue weighted by Crippen LogP contribution is -2.03. The zero-order valence-corrected chi connectivity index (χ0v) is 17.8. The first-order chi connectivity index (χ1) is 13.8. The van der Waals surface area contributed by atoms with Crippen molar-refractivity contribution in [3.05, 3.63) is 60.4 Å². The van der Waals surface area contributed by atoms with Crippen LogP contribution in [0.3, 0.4) is 0 Å². The van der Waals surface area contributed by atoms with Crippen LogP contribution < -0.4 is 0 Å². The molecule has 0 saturated carbocycles. The number of benzene rings is 2. The number of sulfone groups is 1. The Kier molecular flexibility index (Phi) is 4.78. The van der Waals surface area contributed by atoms with Crippen LogP contribution >= 0.6 is 0 Å². The molecule has 0 fully saturated rings. The maximum absolute atomic E-state index is 11.7. The summed E-state index contributed by atoms with van der Waals surface area (Å²) in [5.41, 5.74) is 4.99. The first kappa shape index (κ1) is 19.4. The molecule has 0 aliphatic heterocycles. The highest BCUT2D eigenvalue weighted by molar-refractivity contribution is 7.90. The Morgan fingerprint density at radius 1 is 1.03 bits per heavy atom. The highest BCUT2D eigenvalue weighted by Crippen LogP contribution is 2.29. The lowest BCUT2D eigenvalue weighted by atomic mass is 10.1. The molecule has 0 aliphatic carbocycles. The number of fused-ring (bicyclic) bond motifs is 1. The number of hydrogen-bond donors (Lipinski definition) is 0. The van der Waals surface area contributed by atoms with Crippen molar-refractivity contribution < 1.29 is 8.42 Å². The number of rotatable bonds is 5. The Balaban J connectivity index is 1.82. The maximum Gasteiger partial charge on any atom is 0.175 e. The molecule has 4 aromatic rings. The summed E-state index contributed by atoms with van der Waals surface area (Å²) in [6, 6.07) is 15.4. The number of hydrogen-bond acceptors (Lipinski definition) is 4. The van der Waals surface area contributed by atoms with Crippen molar-refractivity contribution in [2.75, 3.05) is 6.26 Å². The van der Waals surface area contributed by atoms with Crippen LogP contribution in [-0.4, -0.2) is 34.2 Å². The van der Waals surface area contributed by atoms with Crippen molar-refractivity contribution in [3.8, 4) is 16.9 Å².